The highest BCUT2D eigenvalue weighted by molar-refractivity contribution is 5.45. The van der Waals surface area contributed by atoms with Gasteiger partial charge in [-0.25, -0.2) is 0 Å². The van der Waals surface area contributed by atoms with Crippen LogP contribution in [-0.4, -0.2) is 47.7 Å². The van der Waals surface area contributed by atoms with E-state index in [4.69, 9.17) is 0 Å². The van der Waals surface area contributed by atoms with E-state index in [9.17, 15) is 0 Å². The lowest BCUT2D eigenvalue weighted by Crippen LogP contribution is -2.38. The topological polar surface area (TPSA) is 57.2 Å². The fourth-order valence-electron chi connectivity index (χ4n) is 2.41. The largest absolute Gasteiger partial charge is 0.354 e. The highest BCUT2D eigenvalue weighted by Gasteiger charge is 2.25. The summed E-state index contributed by atoms with van der Waals surface area (Å²) in [6.45, 7) is 9.08. The van der Waals surface area contributed by atoms with Crippen molar-refractivity contribution in [2.24, 2.45) is 0 Å². The lowest BCUT2D eigenvalue weighted by Gasteiger charge is -2.35. The molecule has 1 aromatic rings. The molecule has 0 aliphatic heterocycles. The number of anilines is 3. The summed E-state index contributed by atoms with van der Waals surface area (Å²) in [5.74, 6) is 2.25. The average Bonchev–Trinajstić information content (AvgIpc) is 2.44. The highest BCUT2D eigenvalue weighted by Crippen LogP contribution is 2.27. The molecule has 118 valence electrons. The summed E-state index contributed by atoms with van der Waals surface area (Å²) in [6.07, 6.45) is 4.84. The third-order valence-corrected chi connectivity index (χ3v) is 4.13. The van der Waals surface area contributed by atoms with Gasteiger partial charge in [0.1, 0.15) is 0 Å². The molecule has 1 aliphatic rings. The van der Waals surface area contributed by atoms with Gasteiger partial charge in [-0.3, -0.25) is 0 Å². The number of rotatable bonds is 8. The molecule has 0 spiro atoms. The van der Waals surface area contributed by atoms with E-state index in [1.54, 1.807) is 0 Å². The van der Waals surface area contributed by atoms with Gasteiger partial charge in [0.25, 0.3) is 0 Å². The minimum absolute atomic E-state index is 0.580. The van der Waals surface area contributed by atoms with Crippen LogP contribution >= 0.6 is 0 Å². The van der Waals surface area contributed by atoms with Gasteiger partial charge in [-0.2, -0.15) is 15.0 Å². The molecule has 21 heavy (non-hydrogen) atoms. The van der Waals surface area contributed by atoms with Gasteiger partial charge in [-0.1, -0.05) is 6.92 Å². The summed E-state index contributed by atoms with van der Waals surface area (Å²) < 4.78 is 0. The van der Waals surface area contributed by atoms with Gasteiger partial charge in [-0.15, -0.1) is 0 Å². The monoisotopic (exact) mass is 292 g/mol. The maximum atomic E-state index is 4.68. The van der Waals surface area contributed by atoms with Crippen molar-refractivity contribution in [1.82, 2.24) is 15.0 Å². The van der Waals surface area contributed by atoms with Crippen LogP contribution in [0.15, 0.2) is 0 Å². The molecule has 1 heterocycles. The number of hydrogen-bond acceptors (Lipinski definition) is 6. The van der Waals surface area contributed by atoms with Crippen LogP contribution in [0.25, 0.3) is 0 Å². The van der Waals surface area contributed by atoms with Crippen LogP contribution in [0.2, 0.25) is 0 Å². The summed E-state index contributed by atoms with van der Waals surface area (Å²) in [5.41, 5.74) is 0. The summed E-state index contributed by atoms with van der Waals surface area (Å²) in [7, 11) is 2.09. The molecule has 0 radical (unpaired) electrons. The predicted octanol–water partition coefficient (Wildman–Crippen LogP) is 2.53. The van der Waals surface area contributed by atoms with Gasteiger partial charge in [0, 0.05) is 32.7 Å². The van der Waals surface area contributed by atoms with E-state index in [1.165, 1.54) is 19.3 Å². The zero-order valence-corrected chi connectivity index (χ0v) is 13.8. The van der Waals surface area contributed by atoms with Crippen LogP contribution in [0.1, 0.15) is 46.5 Å². The molecule has 1 N–H and O–H groups in total. The van der Waals surface area contributed by atoms with Crippen LogP contribution in [0, 0.1) is 0 Å². The van der Waals surface area contributed by atoms with E-state index >= 15 is 0 Å². The summed E-state index contributed by atoms with van der Waals surface area (Å²) in [6, 6.07) is 0.580. The molecule has 0 amide bonds. The number of aromatic nitrogens is 3. The summed E-state index contributed by atoms with van der Waals surface area (Å²) in [4.78, 5) is 18.2. The maximum Gasteiger partial charge on any atom is 0.231 e. The fourth-order valence-corrected chi connectivity index (χ4v) is 2.41. The van der Waals surface area contributed by atoms with Gasteiger partial charge in [0.15, 0.2) is 0 Å². The van der Waals surface area contributed by atoms with Gasteiger partial charge in [-0.05, 0) is 39.5 Å². The Balaban J connectivity index is 2.26. The second kappa shape index (κ2) is 7.43. The van der Waals surface area contributed by atoms with Crippen molar-refractivity contribution in [1.29, 1.82) is 0 Å². The van der Waals surface area contributed by atoms with E-state index in [-0.39, 0.29) is 0 Å². The number of nitrogens with zero attached hydrogens (tertiary/aromatic N) is 5. The van der Waals surface area contributed by atoms with E-state index < -0.39 is 0 Å². The molecular weight excluding hydrogens is 264 g/mol. The minimum atomic E-state index is 0.580. The second-order valence-electron chi connectivity index (χ2n) is 5.55. The number of hydrogen-bond donors (Lipinski definition) is 1. The molecule has 0 aromatic carbocycles. The first-order valence-electron chi connectivity index (χ1n) is 8.17. The normalized spacial score (nSPS) is 14.7. The molecule has 0 unspecified atom stereocenters. The zero-order valence-electron chi connectivity index (χ0n) is 13.8. The Morgan fingerprint density at radius 3 is 2.24 bits per heavy atom. The first-order valence-corrected chi connectivity index (χ1v) is 8.17. The number of nitrogens with one attached hydrogen (secondary N) is 1. The van der Waals surface area contributed by atoms with E-state index in [1.807, 2.05) is 0 Å². The minimum Gasteiger partial charge on any atom is -0.354 e. The standard InChI is InChI=1S/C15H28N6/c1-5-11-16-13-17-14(20(4)12-9-8-10-12)19-15(18-13)21(6-2)7-3/h12H,5-11H2,1-4H3,(H,16,17,18,19). The van der Waals surface area contributed by atoms with Crippen LogP contribution in [0.5, 0.6) is 0 Å². The Morgan fingerprint density at radius 2 is 1.71 bits per heavy atom. The predicted molar refractivity (Wildman–Crippen MR) is 88.2 cm³/mol. The smallest absolute Gasteiger partial charge is 0.231 e. The van der Waals surface area contributed by atoms with E-state index in [2.05, 4.69) is 57.9 Å². The van der Waals surface area contributed by atoms with Crippen molar-refractivity contribution in [3.8, 4) is 0 Å². The molecule has 2 rings (SSSR count). The van der Waals surface area contributed by atoms with E-state index in [0.717, 1.165) is 38.0 Å². The van der Waals surface area contributed by atoms with Crippen LogP contribution < -0.4 is 15.1 Å². The molecule has 1 aliphatic carbocycles. The van der Waals surface area contributed by atoms with Gasteiger partial charge < -0.3 is 15.1 Å². The van der Waals surface area contributed by atoms with Crippen molar-refractivity contribution >= 4 is 17.8 Å². The van der Waals surface area contributed by atoms with Crippen molar-refractivity contribution < 1.29 is 0 Å². The van der Waals surface area contributed by atoms with Crippen LogP contribution in [0.4, 0.5) is 17.8 Å². The lowest BCUT2D eigenvalue weighted by atomic mass is 9.92. The first-order chi connectivity index (χ1) is 10.2. The van der Waals surface area contributed by atoms with Crippen LogP contribution in [0.3, 0.4) is 0 Å². The van der Waals surface area contributed by atoms with Gasteiger partial charge >= 0.3 is 0 Å². The van der Waals surface area contributed by atoms with Gasteiger partial charge in [0.2, 0.25) is 17.8 Å². The SMILES string of the molecule is CCCNc1nc(N(CC)CC)nc(N(C)C2CCC2)n1. The van der Waals surface area contributed by atoms with Crippen molar-refractivity contribution in [2.75, 3.05) is 41.8 Å². The molecule has 1 saturated carbocycles. The fraction of sp³-hybridized carbons (Fsp3) is 0.800. The van der Waals surface area contributed by atoms with Crippen molar-refractivity contribution in [3.05, 3.63) is 0 Å². The van der Waals surface area contributed by atoms with Crippen molar-refractivity contribution in [2.45, 2.75) is 52.5 Å². The average molecular weight is 292 g/mol. The zero-order chi connectivity index (χ0) is 15.2. The van der Waals surface area contributed by atoms with Gasteiger partial charge in [0.05, 0.1) is 0 Å². The van der Waals surface area contributed by atoms with Crippen LogP contribution in [-0.2, 0) is 0 Å². The summed E-state index contributed by atoms with van der Waals surface area (Å²) >= 11 is 0. The third-order valence-electron chi connectivity index (χ3n) is 4.13. The Bertz CT molecular complexity index is 442. The molecular formula is C15H28N6. The molecule has 1 fully saturated rings. The molecule has 6 heteroatoms. The Labute approximate surface area is 128 Å². The van der Waals surface area contributed by atoms with Crippen molar-refractivity contribution in [3.63, 3.8) is 0 Å². The Kier molecular flexibility index (Phi) is 5.59. The lowest BCUT2D eigenvalue weighted by molar-refractivity contribution is 0.397. The summed E-state index contributed by atoms with van der Waals surface area (Å²) in [5, 5.41) is 3.29. The van der Waals surface area contributed by atoms with E-state index in [0.29, 0.717) is 12.0 Å². The Hall–Kier alpha value is -1.59. The maximum absolute atomic E-state index is 4.68. The molecule has 1 aromatic heterocycles. The first kappa shape index (κ1) is 15.8. The highest BCUT2D eigenvalue weighted by atomic mass is 15.4. The molecule has 0 atom stereocenters. The molecule has 0 bridgehead atoms. The quantitative estimate of drug-likeness (QED) is 0.794. The second-order valence-corrected chi connectivity index (χ2v) is 5.55. The molecule has 6 nitrogen and oxygen atoms in total. The molecule has 0 saturated heterocycles. The third kappa shape index (κ3) is 3.74. The Morgan fingerprint density at radius 1 is 1.05 bits per heavy atom.